The second kappa shape index (κ2) is 3.59. The first-order valence-electron chi connectivity index (χ1n) is 4.30. The van der Waals surface area contributed by atoms with E-state index in [4.69, 9.17) is 7.85 Å². The van der Waals surface area contributed by atoms with E-state index in [1.54, 1.807) is 0 Å². The Kier molecular flexibility index (Phi) is 2.96. The molecule has 0 spiro atoms. The van der Waals surface area contributed by atoms with Crippen molar-refractivity contribution in [1.29, 1.82) is 0 Å². The Labute approximate surface area is 70.0 Å². The monoisotopic (exact) mass is 153 g/mol. The van der Waals surface area contributed by atoms with Crippen LogP contribution in [0, 0.1) is 0 Å². The van der Waals surface area contributed by atoms with Crippen molar-refractivity contribution < 1.29 is 5.11 Å². The predicted molar refractivity (Wildman–Crippen MR) is 46.7 cm³/mol. The Morgan fingerprint density at radius 3 is 2.18 bits per heavy atom. The molecule has 1 saturated heterocycles. The van der Waals surface area contributed by atoms with Gasteiger partial charge in [0.1, 0.15) is 7.85 Å². The van der Waals surface area contributed by atoms with Crippen LogP contribution in [0.2, 0.25) is 0 Å². The van der Waals surface area contributed by atoms with E-state index in [1.165, 1.54) is 0 Å². The highest BCUT2D eigenvalue weighted by molar-refractivity contribution is 6.14. The van der Waals surface area contributed by atoms with Crippen LogP contribution in [0.1, 0.15) is 25.7 Å². The molecule has 0 amide bonds. The van der Waals surface area contributed by atoms with Gasteiger partial charge in [-0.15, -0.1) is 0 Å². The van der Waals surface area contributed by atoms with Gasteiger partial charge in [0.25, 0.3) is 0 Å². The van der Waals surface area contributed by atoms with Crippen molar-refractivity contribution in [2.75, 3.05) is 20.1 Å². The van der Waals surface area contributed by atoms with Gasteiger partial charge < -0.3 is 10.0 Å². The van der Waals surface area contributed by atoms with Crippen LogP contribution in [0.15, 0.2) is 0 Å². The number of likely N-dealkylation sites (tertiary alicyclic amines) is 1. The van der Waals surface area contributed by atoms with Gasteiger partial charge in [0.15, 0.2) is 0 Å². The van der Waals surface area contributed by atoms with E-state index in [0.29, 0.717) is 0 Å². The molecule has 0 atom stereocenters. The highest BCUT2D eigenvalue weighted by atomic mass is 16.3. The zero-order valence-electron chi connectivity index (χ0n) is 7.21. The number of nitrogens with zero attached hydrogens (tertiary/aromatic N) is 1. The van der Waals surface area contributed by atoms with Gasteiger partial charge in [-0.05, 0) is 45.8 Å². The van der Waals surface area contributed by atoms with Gasteiger partial charge in [-0.1, -0.05) is 0 Å². The molecule has 2 radical (unpaired) electrons. The minimum Gasteiger partial charge on any atom is -0.400 e. The lowest BCUT2D eigenvalue weighted by Crippen LogP contribution is -2.35. The summed E-state index contributed by atoms with van der Waals surface area (Å²) < 4.78 is 0. The fourth-order valence-corrected chi connectivity index (χ4v) is 1.55. The lowest BCUT2D eigenvalue weighted by molar-refractivity contribution is 0.0861. The summed E-state index contributed by atoms with van der Waals surface area (Å²) in [6, 6.07) is 0. The van der Waals surface area contributed by atoms with E-state index in [0.717, 1.165) is 38.8 Å². The maximum Gasteiger partial charge on any atom is 0.113 e. The smallest absolute Gasteiger partial charge is 0.113 e. The molecule has 1 fully saturated rings. The molecule has 2 nitrogen and oxygen atoms in total. The molecule has 0 unspecified atom stereocenters. The van der Waals surface area contributed by atoms with Crippen LogP contribution in [0.3, 0.4) is 0 Å². The summed E-state index contributed by atoms with van der Waals surface area (Å²) in [6.45, 7) is 2.11. The SMILES string of the molecule is [B]C1(O)CCCN(C)CCC1. The van der Waals surface area contributed by atoms with Crippen molar-refractivity contribution in [2.45, 2.75) is 31.2 Å². The first-order valence-corrected chi connectivity index (χ1v) is 4.30. The molecule has 0 aromatic carbocycles. The summed E-state index contributed by atoms with van der Waals surface area (Å²) in [4.78, 5) is 2.29. The highest BCUT2D eigenvalue weighted by Gasteiger charge is 2.20. The van der Waals surface area contributed by atoms with E-state index in [-0.39, 0.29) is 0 Å². The van der Waals surface area contributed by atoms with Gasteiger partial charge in [-0.25, -0.2) is 0 Å². The standard InChI is InChI=1S/C8H16BNO/c1-10-6-2-4-8(9,11)5-3-7-10/h11H,2-7H2,1H3. The summed E-state index contributed by atoms with van der Waals surface area (Å²) in [5, 5.41) is 9.52. The molecule has 1 heterocycles. The minimum atomic E-state index is -0.888. The molecular weight excluding hydrogens is 137 g/mol. The van der Waals surface area contributed by atoms with Gasteiger partial charge >= 0.3 is 0 Å². The molecule has 3 heteroatoms. The van der Waals surface area contributed by atoms with Crippen molar-refractivity contribution >= 4 is 7.85 Å². The third kappa shape index (κ3) is 3.26. The normalized spacial score (nSPS) is 27.5. The van der Waals surface area contributed by atoms with Crippen LogP contribution >= 0.6 is 0 Å². The molecule has 0 aromatic heterocycles. The Morgan fingerprint density at radius 1 is 1.27 bits per heavy atom. The first kappa shape index (κ1) is 9.08. The van der Waals surface area contributed by atoms with E-state index < -0.39 is 5.50 Å². The average Bonchev–Trinajstić information content (AvgIpc) is 1.83. The molecular formula is C8H16BNO. The summed E-state index contributed by atoms with van der Waals surface area (Å²) in [7, 11) is 7.74. The Bertz CT molecular complexity index is 115. The van der Waals surface area contributed by atoms with Gasteiger partial charge in [-0.3, -0.25) is 0 Å². The molecule has 1 aliphatic rings. The molecule has 0 aromatic rings. The second-order valence-electron chi connectivity index (χ2n) is 3.61. The third-order valence-electron chi connectivity index (χ3n) is 2.30. The second-order valence-corrected chi connectivity index (χ2v) is 3.61. The molecule has 1 aliphatic heterocycles. The lowest BCUT2D eigenvalue weighted by Gasteiger charge is -2.29. The van der Waals surface area contributed by atoms with E-state index in [1.807, 2.05) is 0 Å². The molecule has 11 heavy (non-hydrogen) atoms. The van der Waals surface area contributed by atoms with Crippen LogP contribution in [0.4, 0.5) is 0 Å². The Balaban J connectivity index is 2.35. The average molecular weight is 153 g/mol. The van der Waals surface area contributed by atoms with E-state index in [9.17, 15) is 5.11 Å². The van der Waals surface area contributed by atoms with E-state index in [2.05, 4.69) is 11.9 Å². The molecule has 1 N–H and O–H groups in total. The lowest BCUT2D eigenvalue weighted by atomic mass is 9.74. The van der Waals surface area contributed by atoms with Crippen molar-refractivity contribution in [3.8, 4) is 0 Å². The molecule has 62 valence electrons. The van der Waals surface area contributed by atoms with Crippen molar-refractivity contribution in [2.24, 2.45) is 0 Å². The Hall–Kier alpha value is -0.0151. The van der Waals surface area contributed by atoms with Gasteiger partial charge in [-0.2, -0.15) is 0 Å². The summed E-state index contributed by atoms with van der Waals surface area (Å²) >= 11 is 0. The number of aliphatic hydroxyl groups is 1. The van der Waals surface area contributed by atoms with Crippen LogP contribution in [-0.2, 0) is 0 Å². The fourth-order valence-electron chi connectivity index (χ4n) is 1.55. The zero-order valence-corrected chi connectivity index (χ0v) is 7.21. The number of rotatable bonds is 0. The minimum absolute atomic E-state index is 0.733. The quantitative estimate of drug-likeness (QED) is 0.507. The van der Waals surface area contributed by atoms with Gasteiger partial charge in [0, 0.05) is 5.50 Å². The van der Waals surface area contributed by atoms with Crippen molar-refractivity contribution in [3.63, 3.8) is 0 Å². The summed E-state index contributed by atoms with van der Waals surface area (Å²) in [6.07, 6.45) is 3.47. The van der Waals surface area contributed by atoms with Crippen LogP contribution in [-0.4, -0.2) is 43.5 Å². The van der Waals surface area contributed by atoms with Crippen LogP contribution in [0.25, 0.3) is 0 Å². The highest BCUT2D eigenvalue weighted by Crippen LogP contribution is 2.18. The fraction of sp³-hybridized carbons (Fsp3) is 1.00. The van der Waals surface area contributed by atoms with Gasteiger partial charge in [0.2, 0.25) is 0 Å². The summed E-state index contributed by atoms with van der Waals surface area (Å²) in [5.41, 5.74) is -0.888. The Morgan fingerprint density at radius 2 is 1.73 bits per heavy atom. The van der Waals surface area contributed by atoms with Crippen LogP contribution in [0.5, 0.6) is 0 Å². The molecule has 0 bridgehead atoms. The third-order valence-corrected chi connectivity index (χ3v) is 2.30. The maximum atomic E-state index is 9.52. The number of hydrogen-bond acceptors (Lipinski definition) is 2. The predicted octanol–water partition coefficient (Wildman–Crippen LogP) is 0.349. The molecule has 0 saturated carbocycles. The van der Waals surface area contributed by atoms with Gasteiger partial charge in [0.05, 0.1) is 0 Å². The van der Waals surface area contributed by atoms with Crippen LogP contribution < -0.4 is 0 Å². The van der Waals surface area contributed by atoms with Crippen molar-refractivity contribution in [1.82, 2.24) is 4.90 Å². The first-order chi connectivity index (χ1) is 5.10. The largest absolute Gasteiger partial charge is 0.400 e. The molecule has 0 aliphatic carbocycles. The number of hydrogen-bond donors (Lipinski definition) is 1. The van der Waals surface area contributed by atoms with Crippen molar-refractivity contribution in [3.05, 3.63) is 0 Å². The van der Waals surface area contributed by atoms with E-state index >= 15 is 0 Å². The summed E-state index contributed by atoms with van der Waals surface area (Å²) in [5.74, 6) is 0. The molecule has 1 rings (SSSR count). The topological polar surface area (TPSA) is 23.5 Å². The zero-order chi connectivity index (χ0) is 8.32. The maximum absolute atomic E-state index is 9.52.